The zero-order valence-corrected chi connectivity index (χ0v) is 10.7. The van der Waals surface area contributed by atoms with Gasteiger partial charge in [0.2, 0.25) is 5.91 Å². The quantitative estimate of drug-likeness (QED) is 0.813. The molecule has 0 aliphatic rings. The number of amides is 1. The van der Waals surface area contributed by atoms with E-state index in [0.29, 0.717) is 0 Å². The molecule has 5 heteroatoms. The van der Waals surface area contributed by atoms with E-state index < -0.39 is 0 Å². The molecular weight excluding hydrogens is 224 g/mol. The van der Waals surface area contributed by atoms with E-state index in [4.69, 9.17) is 5.11 Å². The molecule has 0 unspecified atom stereocenters. The van der Waals surface area contributed by atoms with Gasteiger partial charge in [-0.15, -0.1) is 11.3 Å². The first-order valence-electron chi connectivity index (χ1n) is 5.34. The van der Waals surface area contributed by atoms with Crippen LogP contribution < -0.4 is 5.32 Å². The van der Waals surface area contributed by atoms with Crippen molar-refractivity contribution in [2.24, 2.45) is 5.92 Å². The van der Waals surface area contributed by atoms with Crippen molar-refractivity contribution < 1.29 is 9.90 Å². The molecule has 0 fully saturated rings. The Morgan fingerprint density at radius 2 is 2.31 bits per heavy atom. The van der Waals surface area contributed by atoms with E-state index in [1.165, 1.54) is 11.3 Å². The molecule has 1 rings (SSSR count). The van der Waals surface area contributed by atoms with Crippen LogP contribution in [0, 0.1) is 12.8 Å². The molecule has 0 aromatic carbocycles. The Labute approximate surface area is 99.7 Å². The average Bonchev–Trinajstić information content (AvgIpc) is 2.60. The summed E-state index contributed by atoms with van der Waals surface area (Å²) in [7, 11) is 0. The molecule has 1 heterocycles. The minimum Gasteiger partial charge on any atom is -0.394 e. The first-order chi connectivity index (χ1) is 7.52. The van der Waals surface area contributed by atoms with Crippen LogP contribution >= 0.6 is 11.3 Å². The average molecular weight is 242 g/mol. The highest BCUT2D eigenvalue weighted by atomic mass is 32.1. The third kappa shape index (κ3) is 3.90. The lowest BCUT2D eigenvalue weighted by molar-refractivity contribution is -0.121. The van der Waals surface area contributed by atoms with Gasteiger partial charge in [-0.1, -0.05) is 13.8 Å². The maximum atomic E-state index is 11.6. The molecule has 0 aliphatic carbocycles. The normalized spacial score (nSPS) is 12.8. The Bertz CT molecular complexity index is 350. The zero-order chi connectivity index (χ0) is 12.1. The van der Waals surface area contributed by atoms with Gasteiger partial charge in [0.25, 0.3) is 0 Å². The maximum Gasteiger partial charge on any atom is 0.226 e. The Hall–Kier alpha value is -0.940. The number of hydrogen-bond acceptors (Lipinski definition) is 4. The van der Waals surface area contributed by atoms with Gasteiger partial charge in [-0.05, 0) is 12.8 Å². The molecule has 0 radical (unpaired) electrons. The van der Waals surface area contributed by atoms with Crippen molar-refractivity contribution in [3.8, 4) is 0 Å². The van der Waals surface area contributed by atoms with Crippen LogP contribution in [0.15, 0.2) is 5.38 Å². The van der Waals surface area contributed by atoms with Crippen molar-refractivity contribution >= 4 is 17.2 Å². The molecule has 0 bridgehead atoms. The van der Waals surface area contributed by atoms with Gasteiger partial charge in [-0.25, -0.2) is 4.98 Å². The van der Waals surface area contributed by atoms with Crippen LogP contribution in [-0.2, 0) is 11.2 Å². The number of hydrogen-bond donors (Lipinski definition) is 2. The summed E-state index contributed by atoms with van der Waals surface area (Å²) < 4.78 is 0. The summed E-state index contributed by atoms with van der Waals surface area (Å²) >= 11 is 1.54. The van der Waals surface area contributed by atoms with Gasteiger partial charge >= 0.3 is 0 Å². The van der Waals surface area contributed by atoms with Gasteiger partial charge in [-0.3, -0.25) is 4.79 Å². The van der Waals surface area contributed by atoms with Crippen LogP contribution in [0.5, 0.6) is 0 Å². The number of carbonyl (C=O) groups excluding carboxylic acids is 1. The Morgan fingerprint density at radius 1 is 1.62 bits per heavy atom. The lowest BCUT2D eigenvalue weighted by atomic mass is 10.1. The second-order valence-corrected chi connectivity index (χ2v) is 5.20. The van der Waals surface area contributed by atoms with Crippen LogP contribution in [0.1, 0.15) is 24.5 Å². The van der Waals surface area contributed by atoms with Gasteiger partial charge in [-0.2, -0.15) is 0 Å². The molecule has 1 aromatic heterocycles. The second kappa shape index (κ2) is 5.96. The molecular formula is C11H18N2O2S. The highest BCUT2D eigenvalue weighted by molar-refractivity contribution is 7.09. The fraction of sp³-hybridized carbons (Fsp3) is 0.636. The maximum absolute atomic E-state index is 11.6. The molecule has 16 heavy (non-hydrogen) atoms. The molecule has 0 spiro atoms. The van der Waals surface area contributed by atoms with E-state index in [2.05, 4.69) is 10.3 Å². The molecule has 0 saturated carbocycles. The molecule has 0 aliphatic heterocycles. The monoisotopic (exact) mass is 242 g/mol. The predicted molar refractivity (Wildman–Crippen MR) is 64.4 cm³/mol. The van der Waals surface area contributed by atoms with E-state index in [0.717, 1.165) is 10.7 Å². The summed E-state index contributed by atoms with van der Waals surface area (Å²) in [5.74, 6) is 0.143. The van der Waals surface area contributed by atoms with Crippen LogP contribution in [0.3, 0.4) is 0 Å². The molecule has 4 nitrogen and oxygen atoms in total. The van der Waals surface area contributed by atoms with Crippen molar-refractivity contribution in [2.45, 2.75) is 33.2 Å². The number of rotatable bonds is 5. The summed E-state index contributed by atoms with van der Waals surface area (Å²) in [6, 6.07) is -0.174. The van der Waals surface area contributed by atoms with Crippen LogP contribution in [-0.4, -0.2) is 28.6 Å². The molecule has 1 atom stereocenters. The molecule has 1 aromatic rings. The van der Waals surface area contributed by atoms with Crippen molar-refractivity contribution in [3.63, 3.8) is 0 Å². The first-order valence-corrected chi connectivity index (χ1v) is 6.22. The Morgan fingerprint density at radius 3 is 2.75 bits per heavy atom. The smallest absolute Gasteiger partial charge is 0.226 e. The van der Waals surface area contributed by atoms with Gasteiger partial charge in [0.15, 0.2) is 0 Å². The van der Waals surface area contributed by atoms with Crippen molar-refractivity contribution in [1.29, 1.82) is 0 Å². The van der Waals surface area contributed by atoms with Crippen molar-refractivity contribution in [3.05, 3.63) is 16.1 Å². The number of aliphatic hydroxyl groups excluding tert-OH is 1. The van der Waals surface area contributed by atoms with Crippen molar-refractivity contribution in [2.75, 3.05) is 6.61 Å². The van der Waals surface area contributed by atoms with Crippen LogP contribution in [0.4, 0.5) is 0 Å². The predicted octanol–water partition coefficient (Wildman–Crippen LogP) is 1.13. The third-order valence-electron chi connectivity index (χ3n) is 2.36. The lowest BCUT2D eigenvalue weighted by Gasteiger charge is -2.19. The van der Waals surface area contributed by atoms with E-state index in [9.17, 15) is 4.79 Å². The summed E-state index contributed by atoms with van der Waals surface area (Å²) in [6.45, 7) is 5.82. The number of carbonyl (C=O) groups is 1. The second-order valence-electron chi connectivity index (χ2n) is 4.14. The van der Waals surface area contributed by atoms with Gasteiger partial charge in [0, 0.05) is 5.38 Å². The lowest BCUT2D eigenvalue weighted by Crippen LogP contribution is -2.41. The SMILES string of the molecule is Cc1nc(CC(=O)N[C@H](CO)C(C)C)cs1. The standard InChI is InChI=1S/C11H18N2O2S/c1-7(2)10(5-14)13-11(15)4-9-6-16-8(3)12-9/h6-7,10,14H,4-5H2,1-3H3,(H,13,15)/t10-/m1/s1. The Balaban J connectivity index is 2.47. The van der Waals surface area contributed by atoms with E-state index in [-0.39, 0.29) is 30.9 Å². The van der Waals surface area contributed by atoms with Crippen LogP contribution in [0.2, 0.25) is 0 Å². The summed E-state index contributed by atoms with van der Waals surface area (Å²) in [4.78, 5) is 15.9. The number of aryl methyl sites for hydroxylation is 1. The first kappa shape index (κ1) is 13.1. The number of aliphatic hydroxyl groups is 1. The minimum absolute atomic E-state index is 0.0283. The number of aromatic nitrogens is 1. The summed E-state index contributed by atoms with van der Waals surface area (Å²) in [6.07, 6.45) is 0.285. The number of nitrogens with zero attached hydrogens (tertiary/aromatic N) is 1. The fourth-order valence-corrected chi connectivity index (χ4v) is 1.95. The van der Waals surface area contributed by atoms with Crippen LogP contribution in [0.25, 0.3) is 0 Å². The molecule has 2 N–H and O–H groups in total. The van der Waals surface area contributed by atoms with Crippen molar-refractivity contribution in [1.82, 2.24) is 10.3 Å². The number of thiazole rings is 1. The van der Waals surface area contributed by atoms with E-state index >= 15 is 0 Å². The zero-order valence-electron chi connectivity index (χ0n) is 9.86. The Kier molecular flexibility index (Phi) is 4.89. The molecule has 1 amide bonds. The van der Waals surface area contributed by atoms with Gasteiger partial charge in [0.05, 0.1) is 29.8 Å². The van der Waals surface area contributed by atoms with Gasteiger partial charge < -0.3 is 10.4 Å². The molecule has 90 valence electrons. The molecule has 0 saturated heterocycles. The van der Waals surface area contributed by atoms with Gasteiger partial charge in [0.1, 0.15) is 0 Å². The minimum atomic E-state index is -0.174. The largest absolute Gasteiger partial charge is 0.394 e. The highest BCUT2D eigenvalue weighted by Gasteiger charge is 2.15. The topological polar surface area (TPSA) is 62.2 Å². The number of nitrogens with one attached hydrogen (secondary N) is 1. The highest BCUT2D eigenvalue weighted by Crippen LogP contribution is 2.08. The van der Waals surface area contributed by atoms with E-state index in [1.807, 2.05) is 26.2 Å². The van der Waals surface area contributed by atoms with E-state index in [1.54, 1.807) is 0 Å². The summed E-state index contributed by atoms with van der Waals surface area (Å²) in [5.41, 5.74) is 0.792. The fourth-order valence-electron chi connectivity index (χ4n) is 1.33. The third-order valence-corrected chi connectivity index (χ3v) is 3.18. The summed E-state index contributed by atoms with van der Waals surface area (Å²) in [5, 5.41) is 14.7.